The van der Waals surface area contributed by atoms with E-state index in [0.29, 0.717) is 0 Å². The zero-order chi connectivity index (χ0) is 18.3. The first-order valence-corrected chi connectivity index (χ1v) is 9.74. The first-order chi connectivity index (χ1) is 13.9. The summed E-state index contributed by atoms with van der Waals surface area (Å²) in [5, 5.41) is 0. The minimum Gasteiger partial charge on any atom is -0.256 e. The molecule has 1 atom stereocenters. The molecule has 0 radical (unpaired) electrons. The van der Waals surface area contributed by atoms with Crippen molar-refractivity contribution in [2.45, 2.75) is 11.8 Å². The Labute approximate surface area is 163 Å². The van der Waals surface area contributed by atoms with E-state index in [4.69, 9.17) is 9.97 Å². The summed E-state index contributed by atoms with van der Waals surface area (Å²) < 4.78 is 0. The molecule has 0 saturated heterocycles. The molecule has 2 nitrogen and oxygen atoms in total. The maximum absolute atomic E-state index is 4.87. The van der Waals surface area contributed by atoms with Crippen LogP contribution in [0.2, 0.25) is 0 Å². The molecule has 0 saturated carbocycles. The summed E-state index contributed by atoms with van der Waals surface area (Å²) in [6, 6.07) is 26.3. The van der Waals surface area contributed by atoms with Crippen LogP contribution in [0.3, 0.4) is 0 Å². The van der Waals surface area contributed by atoms with E-state index in [1.54, 1.807) is 0 Å². The van der Waals surface area contributed by atoms with E-state index in [2.05, 4.69) is 72.8 Å². The quantitative estimate of drug-likeness (QED) is 0.429. The fraction of sp³-hybridized carbons (Fsp3) is 0.0769. The van der Waals surface area contributed by atoms with Crippen molar-refractivity contribution in [1.29, 1.82) is 0 Å². The molecule has 0 fully saturated rings. The number of pyridine rings is 2. The number of benzene rings is 2. The van der Waals surface area contributed by atoms with E-state index in [1.807, 2.05) is 12.4 Å². The Morgan fingerprint density at radius 1 is 0.607 bits per heavy atom. The van der Waals surface area contributed by atoms with E-state index in [0.717, 1.165) is 17.8 Å². The van der Waals surface area contributed by atoms with Crippen LogP contribution < -0.4 is 0 Å². The third kappa shape index (κ3) is 1.45. The van der Waals surface area contributed by atoms with Crippen LogP contribution in [0.5, 0.6) is 0 Å². The Hall–Kier alpha value is -3.52. The van der Waals surface area contributed by atoms with Crippen molar-refractivity contribution < 1.29 is 0 Å². The van der Waals surface area contributed by atoms with Crippen molar-refractivity contribution in [2.24, 2.45) is 0 Å². The molecule has 1 spiro atoms. The van der Waals surface area contributed by atoms with Crippen molar-refractivity contribution in [2.75, 3.05) is 0 Å². The van der Waals surface area contributed by atoms with Gasteiger partial charge in [0, 0.05) is 30.0 Å². The van der Waals surface area contributed by atoms with Gasteiger partial charge in [-0.2, -0.15) is 0 Å². The summed E-state index contributed by atoms with van der Waals surface area (Å²) in [6.45, 7) is 0. The molecule has 0 amide bonds. The maximum atomic E-state index is 4.87. The standard InChI is InChI=1S/C26H16N2/c1-3-10-20-17(8-1)19-15-16-7-5-13-27-24(16)23(19)26(20)21-11-4-2-9-18(21)25-22(26)12-6-14-28-25/h1-14H,15H2. The third-order valence-electron chi connectivity index (χ3n) is 6.63. The molecule has 28 heavy (non-hydrogen) atoms. The predicted molar refractivity (Wildman–Crippen MR) is 111 cm³/mol. The highest BCUT2D eigenvalue weighted by molar-refractivity contribution is 6.11. The lowest BCUT2D eigenvalue weighted by molar-refractivity contribution is 0.833. The maximum Gasteiger partial charge on any atom is 0.0759 e. The van der Waals surface area contributed by atoms with Crippen LogP contribution in [0.15, 0.2) is 85.2 Å². The Morgan fingerprint density at radius 3 is 2.11 bits per heavy atom. The van der Waals surface area contributed by atoms with E-state index in [-0.39, 0.29) is 5.41 Å². The lowest BCUT2D eigenvalue weighted by Gasteiger charge is -2.32. The van der Waals surface area contributed by atoms with Gasteiger partial charge in [0.1, 0.15) is 0 Å². The van der Waals surface area contributed by atoms with Crippen LogP contribution >= 0.6 is 0 Å². The smallest absolute Gasteiger partial charge is 0.0759 e. The second kappa shape index (κ2) is 4.85. The molecular formula is C26H16N2. The van der Waals surface area contributed by atoms with Gasteiger partial charge in [-0.3, -0.25) is 9.97 Å². The lowest BCUT2D eigenvalue weighted by atomic mass is 9.69. The van der Waals surface area contributed by atoms with Gasteiger partial charge in [0.2, 0.25) is 0 Å². The van der Waals surface area contributed by atoms with Gasteiger partial charge >= 0.3 is 0 Å². The highest BCUT2D eigenvalue weighted by atomic mass is 14.8. The average molecular weight is 356 g/mol. The Kier molecular flexibility index (Phi) is 2.51. The molecule has 3 aliphatic rings. The molecule has 130 valence electrons. The van der Waals surface area contributed by atoms with Crippen LogP contribution in [-0.4, -0.2) is 9.97 Å². The fourth-order valence-corrected chi connectivity index (χ4v) is 5.71. The Morgan fingerprint density at radius 2 is 1.25 bits per heavy atom. The van der Waals surface area contributed by atoms with Crippen LogP contribution in [0, 0.1) is 0 Å². The molecule has 0 N–H and O–H groups in total. The first-order valence-electron chi connectivity index (χ1n) is 9.74. The monoisotopic (exact) mass is 356 g/mol. The van der Waals surface area contributed by atoms with Gasteiger partial charge in [-0.15, -0.1) is 0 Å². The van der Waals surface area contributed by atoms with E-state index < -0.39 is 0 Å². The van der Waals surface area contributed by atoms with E-state index >= 15 is 0 Å². The van der Waals surface area contributed by atoms with Crippen molar-refractivity contribution >= 4 is 11.1 Å². The number of fused-ring (bicyclic) bond motifs is 11. The summed E-state index contributed by atoms with van der Waals surface area (Å²) in [4.78, 5) is 9.69. The van der Waals surface area contributed by atoms with Gasteiger partial charge in [0.05, 0.1) is 16.8 Å². The van der Waals surface area contributed by atoms with Gasteiger partial charge in [-0.1, -0.05) is 60.7 Å². The number of allylic oxidation sites excluding steroid dienone is 2. The largest absolute Gasteiger partial charge is 0.256 e. The van der Waals surface area contributed by atoms with Crippen molar-refractivity contribution in [3.05, 3.63) is 119 Å². The number of hydrogen-bond acceptors (Lipinski definition) is 2. The molecule has 1 unspecified atom stereocenters. The van der Waals surface area contributed by atoms with Crippen LogP contribution in [0.1, 0.15) is 33.5 Å². The summed E-state index contributed by atoms with van der Waals surface area (Å²) in [5.74, 6) is 0. The van der Waals surface area contributed by atoms with E-state index in [9.17, 15) is 0 Å². The number of hydrogen-bond donors (Lipinski definition) is 0. The van der Waals surface area contributed by atoms with Gasteiger partial charge < -0.3 is 0 Å². The van der Waals surface area contributed by atoms with Crippen LogP contribution in [0.4, 0.5) is 0 Å². The number of rotatable bonds is 0. The number of nitrogens with zero attached hydrogens (tertiary/aromatic N) is 2. The van der Waals surface area contributed by atoms with Crippen LogP contribution in [0.25, 0.3) is 22.4 Å². The zero-order valence-electron chi connectivity index (χ0n) is 15.2. The predicted octanol–water partition coefficient (Wildman–Crippen LogP) is 5.27. The molecule has 0 aliphatic heterocycles. The summed E-state index contributed by atoms with van der Waals surface area (Å²) in [5.41, 5.74) is 12.7. The van der Waals surface area contributed by atoms with E-state index in [1.165, 1.54) is 44.5 Å². The van der Waals surface area contributed by atoms with Crippen molar-refractivity contribution in [3.8, 4) is 11.3 Å². The highest BCUT2D eigenvalue weighted by Crippen LogP contribution is 2.65. The first kappa shape index (κ1) is 14.5. The Bertz CT molecular complexity index is 1300. The molecule has 4 aromatic rings. The summed E-state index contributed by atoms with van der Waals surface area (Å²) >= 11 is 0. The van der Waals surface area contributed by atoms with Gasteiger partial charge in [-0.25, -0.2) is 0 Å². The molecule has 2 heteroatoms. The molecule has 7 rings (SSSR count). The third-order valence-corrected chi connectivity index (χ3v) is 6.63. The van der Waals surface area contributed by atoms with Crippen molar-refractivity contribution in [3.63, 3.8) is 0 Å². The molecule has 0 bridgehead atoms. The van der Waals surface area contributed by atoms with Crippen molar-refractivity contribution in [1.82, 2.24) is 9.97 Å². The molecule has 2 aromatic carbocycles. The van der Waals surface area contributed by atoms with Crippen LogP contribution in [-0.2, 0) is 11.8 Å². The second-order valence-corrected chi connectivity index (χ2v) is 7.78. The normalized spacial score (nSPS) is 20.0. The summed E-state index contributed by atoms with van der Waals surface area (Å²) in [7, 11) is 0. The topological polar surface area (TPSA) is 25.8 Å². The number of aromatic nitrogens is 2. The second-order valence-electron chi connectivity index (χ2n) is 7.78. The molecule has 2 aromatic heterocycles. The fourth-order valence-electron chi connectivity index (χ4n) is 5.71. The van der Waals surface area contributed by atoms with Gasteiger partial charge in [-0.05, 0) is 45.5 Å². The molecule has 2 heterocycles. The zero-order valence-corrected chi connectivity index (χ0v) is 15.2. The molecule has 3 aliphatic carbocycles. The minimum absolute atomic E-state index is 0.314. The molecular weight excluding hydrogens is 340 g/mol. The van der Waals surface area contributed by atoms with Gasteiger partial charge in [0.15, 0.2) is 0 Å². The lowest BCUT2D eigenvalue weighted by Crippen LogP contribution is -2.27. The minimum atomic E-state index is -0.314. The Balaban J connectivity index is 1.71. The van der Waals surface area contributed by atoms with Gasteiger partial charge in [0.25, 0.3) is 0 Å². The summed E-state index contributed by atoms with van der Waals surface area (Å²) in [6.07, 6.45) is 4.79. The SMILES string of the molecule is c1cnc2c(c1)CC1=C2C2(c3ccccc31)c1ccccc1-c1ncccc12. The average Bonchev–Trinajstić information content (AvgIpc) is 3.37. The highest BCUT2D eigenvalue weighted by Gasteiger charge is 2.55.